The van der Waals surface area contributed by atoms with Gasteiger partial charge in [0.15, 0.2) is 0 Å². The molecule has 0 bridgehead atoms. The van der Waals surface area contributed by atoms with Crippen molar-refractivity contribution in [1.82, 2.24) is 15.5 Å². The fraction of sp³-hybridized carbons (Fsp3) is 0.500. The second-order valence-corrected chi connectivity index (χ2v) is 3.05. The van der Waals surface area contributed by atoms with E-state index in [1.165, 1.54) is 0 Å². The van der Waals surface area contributed by atoms with Gasteiger partial charge in [-0.15, -0.1) is 0 Å². The standard InChI is InChI=1S/C8H14N4O/c1-5-3-7(12-11-5)4-10-8(13)6(2)9/h3,6H,4,9H2,1-2H3,(H,10,13)(H,11,12)/t6-/m0/s1. The quantitative estimate of drug-likeness (QED) is 0.599. The molecule has 1 aromatic heterocycles. The van der Waals surface area contributed by atoms with Crippen LogP contribution in [0.25, 0.3) is 0 Å². The van der Waals surface area contributed by atoms with Crippen LogP contribution in [0.3, 0.4) is 0 Å². The SMILES string of the molecule is Cc1cc(CNC(=O)[C@H](C)N)n[nH]1. The molecule has 1 heterocycles. The highest BCUT2D eigenvalue weighted by atomic mass is 16.2. The second kappa shape index (κ2) is 4.04. The molecule has 0 radical (unpaired) electrons. The van der Waals surface area contributed by atoms with E-state index in [1.54, 1.807) is 6.92 Å². The van der Waals surface area contributed by atoms with Crippen molar-refractivity contribution in [3.63, 3.8) is 0 Å². The van der Waals surface area contributed by atoms with Crippen molar-refractivity contribution >= 4 is 5.91 Å². The van der Waals surface area contributed by atoms with Gasteiger partial charge in [0.2, 0.25) is 5.91 Å². The molecule has 0 aliphatic carbocycles. The van der Waals surface area contributed by atoms with Crippen LogP contribution < -0.4 is 11.1 Å². The van der Waals surface area contributed by atoms with Gasteiger partial charge in [-0.25, -0.2) is 0 Å². The lowest BCUT2D eigenvalue weighted by Crippen LogP contribution is -2.37. The topological polar surface area (TPSA) is 83.8 Å². The summed E-state index contributed by atoms with van der Waals surface area (Å²) in [5.74, 6) is -0.166. The normalized spacial score (nSPS) is 12.5. The molecule has 0 aliphatic rings. The molecule has 0 unspecified atom stereocenters. The van der Waals surface area contributed by atoms with Crippen molar-refractivity contribution in [3.8, 4) is 0 Å². The first kappa shape index (κ1) is 9.73. The molecule has 1 amide bonds. The number of amides is 1. The highest BCUT2D eigenvalue weighted by molar-refractivity contribution is 5.80. The zero-order valence-electron chi connectivity index (χ0n) is 7.79. The first-order valence-corrected chi connectivity index (χ1v) is 4.14. The zero-order chi connectivity index (χ0) is 9.84. The van der Waals surface area contributed by atoms with Crippen LogP contribution in [0.4, 0.5) is 0 Å². The molecule has 0 aliphatic heterocycles. The minimum Gasteiger partial charge on any atom is -0.349 e. The zero-order valence-corrected chi connectivity index (χ0v) is 7.79. The molecule has 0 aromatic carbocycles. The minimum atomic E-state index is -0.472. The average molecular weight is 182 g/mol. The number of nitrogens with two attached hydrogens (primary N) is 1. The van der Waals surface area contributed by atoms with Crippen LogP contribution in [0.2, 0.25) is 0 Å². The van der Waals surface area contributed by atoms with E-state index >= 15 is 0 Å². The fourth-order valence-electron chi connectivity index (χ4n) is 0.904. The summed E-state index contributed by atoms with van der Waals surface area (Å²) in [6.07, 6.45) is 0. The van der Waals surface area contributed by atoms with Crippen LogP contribution in [0.5, 0.6) is 0 Å². The Morgan fingerprint density at radius 1 is 1.85 bits per heavy atom. The number of aromatic amines is 1. The summed E-state index contributed by atoms with van der Waals surface area (Å²) in [6, 6.07) is 1.40. The summed E-state index contributed by atoms with van der Waals surface area (Å²) >= 11 is 0. The summed E-state index contributed by atoms with van der Waals surface area (Å²) in [5, 5.41) is 9.42. The minimum absolute atomic E-state index is 0.166. The largest absolute Gasteiger partial charge is 0.349 e. The Balaban J connectivity index is 2.39. The first-order chi connectivity index (χ1) is 6.09. The Bertz CT molecular complexity index is 292. The lowest BCUT2D eigenvalue weighted by molar-refractivity contribution is -0.122. The molecule has 0 saturated carbocycles. The Morgan fingerprint density at radius 3 is 3.00 bits per heavy atom. The molecule has 1 aromatic rings. The number of hydrogen-bond acceptors (Lipinski definition) is 3. The van der Waals surface area contributed by atoms with Gasteiger partial charge in [0.05, 0.1) is 18.3 Å². The predicted molar refractivity (Wildman–Crippen MR) is 48.8 cm³/mol. The monoisotopic (exact) mass is 182 g/mol. The highest BCUT2D eigenvalue weighted by Crippen LogP contribution is 1.96. The van der Waals surface area contributed by atoms with Crippen molar-refractivity contribution < 1.29 is 4.79 Å². The second-order valence-electron chi connectivity index (χ2n) is 3.05. The number of rotatable bonds is 3. The molecule has 1 rings (SSSR count). The fourth-order valence-corrected chi connectivity index (χ4v) is 0.904. The van der Waals surface area contributed by atoms with Gasteiger partial charge in [0, 0.05) is 5.69 Å². The van der Waals surface area contributed by atoms with Gasteiger partial charge < -0.3 is 11.1 Å². The number of hydrogen-bond donors (Lipinski definition) is 3. The molecule has 72 valence electrons. The number of carbonyl (C=O) groups is 1. The van der Waals surface area contributed by atoms with Crippen molar-refractivity contribution in [2.24, 2.45) is 5.73 Å². The number of H-pyrrole nitrogens is 1. The third-order valence-electron chi connectivity index (χ3n) is 1.62. The van der Waals surface area contributed by atoms with Crippen LogP contribution in [-0.4, -0.2) is 22.1 Å². The van der Waals surface area contributed by atoms with Gasteiger partial charge in [-0.05, 0) is 19.9 Å². The molecule has 0 saturated heterocycles. The number of nitrogens with zero attached hydrogens (tertiary/aromatic N) is 1. The van der Waals surface area contributed by atoms with E-state index in [-0.39, 0.29) is 5.91 Å². The molecular weight excluding hydrogens is 168 g/mol. The van der Waals surface area contributed by atoms with Gasteiger partial charge in [-0.3, -0.25) is 9.89 Å². The van der Waals surface area contributed by atoms with Gasteiger partial charge in [-0.2, -0.15) is 5.10 Å². The maximum atomic E-state index is 11.0. The summed E-state index contributed by atoms with van der Waals surface area (Å²) in [7, 11) is 0. The Morgan fingerprint density at radius 2 is 2.54 bits per heavy atom. The van der Waals surface area contributed by atoms with Crippen molar-refractivity contribution in [1.29, 1.82) is 0 Å². The number of carbonyl (C=O) groups excluding carboxylic acids is 1. The predicted octanol–water partition coefficient (Wildman–Crippen LogP) is -0.318. The number of aromatic nitrogens is 2. The summed E-state index contributed by atoms with van der Waals surface area (Å²) in [6.45, 7) is 3.97. The molecule has 1 atom stereocenters. The summed E-state index contributed by atoms with van der Waals surface area (Å²) < 4.78 is 0. The molecule has 4 N–H and O–H groups in total. The lowest BCUT2D eigenvalue weighted by atomic mass is 10.3. The van der Waals surface area contributed by atoms with E-state index < -0.39 is 6.04 Å². The maximum absolute atomic E-state index is 11.0. The van der Waals surface area contributed by atoms with E-state index in [0.717, 1.165) is 11.4 Å². The molecular formula is C8H14N4O. The number of nitrogens with one attached hydrogen (secondary N) is 2. The summed E-state index contributed by atoms with van der Waals surface area (Å²) in [4.78, 5) is 11.0. The first-order valence-electron chi connectivity index (χ1n) is 4.14. The smallest absolute Gasteiger partial charge is 0.236 e. The lowest BCUT2D eigenvalue weighted by Gasteiger charge is -2.04. The third kappa shape index (κ3) is 2.87. The van der Waals surface area contributed by atoms with E-state index in [1.807, 2.05) is 13.0 Å². The van der Waals surface area contributed by atoms with E-state index in [0.29, 0.717) is 6.54 Å². The third-order valence-corrected chi connectivity index (χ3v) is 1.62. The molecule has 0 fully saturated rings. The molecule has 5 nitrogen and oxygen atoms in total. The van der Waals surface area contributed by atoms with E-state index in [4.69, 9.17) is 5.73 Å². The van der Waals surface area contributed by atoms with Crippen molar-refractivity contribution in [2.45, 2.75) is 26.4 Å². The van der Waals surface area contributed by atoms with Crippen LogP contribution in [0.15, 0.2) is 6.07 Å². The van der Waals surface area contributed by atoms with Crippen LogP contribution in [-0.2, 0) is 11.3 Å². The van der Waals surface area contributed by atoms with Gasteiger partial charge in [0.1, 0.15) is 0 Å². The molecule has 13 heavy (non-hydrogen) atoms. The van der Waals surface area contributed by atoms with Gasteiger partial charge in [-0.1, -0.05) is 0 Å². The number of aryl methyl sites for hydroxylation is 1. The highest BCUT2D eigenvalue weighted by Gasteiger charge is 2.06. The van der Waals surface area contributed by atoms with Gasteiger partial charge >= 0.3 is 0 Å². The van der Waals surface area contributed by atoms with E-state index in [2.05, 4.69) is 15.5 Å². The Kier molecular flexibility index (Phi) is 3.02. The average Bonchev–Trinajstić information content (AvgIpc) is 2.47. The summed E-state index contributed by atoms with van der Waals surface area (Å²) in [5.41, 5.74) is 7.15. The van der Waals surface area contributed by atoms with Crippen LogP contribution in [0, 0.1) is 6.92 Å². The van der Waals surface area contributed by atoms with Gasteiger partial charge in [0.25, 0.3) is 0 Å². The maximum Gasteiger partial charge on any atom is 0.236 e. The Hall–Kier alpha value is -1.36. The van der Waals surface area contributed by atoms with E-state index in [9.17, 15) is 4.79 Å². The van der Waals surface area contributed by atoms with Crippen molar-refractivity contribution in [3.05, 3.63) is 17.5 Å². The molecule has 5 heteroatoms. The molecule has 0 spiro atoms. The van der Waals surface area contributed by atoms with Crippen LogP contribution in [0.1, 0.15) is 18.3 Å². The van der Waals surface area contributed by atoms with Crippen LogP contribution >= 0.6 is 0 Å². The van der Waals surface area contributed by atoms with Crippen molar-refractivity contribution in [2.75, 3.05) is 0 Å². The Labute approximate surface area is 76.7 Å².